The summed E-state index contributed by atoms with van der Waals surface area (Å²) in [6.45, 7) is 2.68. The number of carbonyl (C=O) groups is 2. The minimum atomic E-state index is -0.879. The van der Waals surface area contributed by atoms with E-state index < -0.39 is 17.8 Å². The summed E-state index contributed by atoms with van der Waals surface area (Å²) in [7, 11) is 0. The van der Waals surface area contributed by atoms with Gasteiger partial charge in [-0.25, -0.2) is 0 Å². The van der Waals surface area contributed by atoms with E-state index in [1.807, 2.05) is 36.4 Å². The zero-order valence-electron chi connectivity index (χ0n) is 13.4. The van der Waals surface area contributed by atoms with Crippen LogP contribution < -0.4 is 4.90 Å². The average Bonchev–Trinajstić information content (AvgIpc) is 2.61. The summed E-state index contributed by atoms with van der Waals surface area (Å²) in [6.07, 6.45) is 4.74. The zero-order chi connectivity index (χ0) is 17.1. The van der Waals surface area contributed by atoms with Crippen LogP contribution >= 0.6 is 11.6 Å². The number of piperazine rings is 1. The normalized spacial score (nSPS) is 24.0. The molecule has 1 aromatic carbocycles. The number of allylic oxidation sites excluding steroid dienone is 2. The number of aliphatic carboxylic acids is 1. The van der Waals surface area contributed by atoms with Gasteiger partial charge in [-0.3, -0.25) is 9.59 Å². The summed E-state index contributed by atoms with van der Waals surface area (Å²) in [5.74, 6) is -1.95. The van der Waals surface area contributed by atoms with Crippen LogP contribution in [0.2, 0.25) is 5.02 Å². The molecular formula is C18H21ClN2O3. The lowest BCUT2D eigenvalue weighted by molar-refractivity contribution is -0.150. The molecule has 1 saturated heterocycles. The van der Waals surface area contributed by atoms with Crippen molar-refractivity contribution in [3.05, 3.63) is 41.4 Å². The second-order valence-corrected chi connectivity index (χ2v) is 6.72. The molecule has 2 aliphatic rings. The summed E-state index contributed by atoms with van der Waals surface area (Å²) >= 11 is 6.04. The Labute approximate surface area is 146 Å². The highest BCUT2D eigenvalue weighted by Gasteiger charge is 2.37. The van der Waals surface area contributed by atoms with Gasteiger partial charge in [-0.2, -0.15) is 0 Å². The van der Waals surface area contributed by atoms with Gasteiger partial charge in [0, 0.05) is 36.9 Å². The Kier molecular flexibility index (Phi) is 5.09. The maximum atomic E-state index is 12.8. The van der Waals surface area contributed by atoms with Crippen LogP contribution in [0.3, 0.4) is 0 Å². The van der Waals surface area contributed by atoms with E-state index in [0.29, 0.717) is 31.0 Å². The van der Waals surface area contributed by atoms with Crippen LogP contribution in [0.1, 0.15) is 12.8 Å². The highest BCUT2D eigenvalue weighted by molar-refractivity contribution is 6.30. The number of anilines is 1. The van der Waals surface area contributed by atoms with Crippen molar-refractivity contribution in [2.24, 2.45) is 11.8 Å². The van der Waals surface area contributed by atoms with Gasteiger partial charge in [0.05, 0.1) is 11.8 Å². The molecular weight excluding hydrogens is 328 g/mol. The molecule has 128 valence electrons. The number of rotatable bonds is 3. The highest BCUT2D eigenvalue weighted by Crippen LogP contribution is 2.28. The molecule has 5 nitrogen and oxygen atoms in total. The van der Waals surface area contributed by atoms with Crippen LogP contribution in [-0.2, 0) is 9.59 Å². The van der Waals surface area contributed by atoms with Gasteiger partial charge >= 0.3 is 5.97 Å². The molecule has 3 rings (SSSR count). The fourth-order valence-electron chi connectivity index (χ4n) is 3.45. The number of halogens is 1. The summed E-state index contributed by atoms with van der Waals surface area (Å²) in [5.41, 5.74) is 1.05. The lowest BCUT2D eigenvalue weighted by atomic mass is 9.82. The predicted octanol–water partition coefficient (Wildman–Crippen LogP) is 2.66. The summed E-state index contributed by atoms with van der Waals surface area (Å²) in [6, 6.07) is 7.69. The van der Waals surface area contributed by atoms with Gasteiger partial charge < -0.3 is 14.9 Å². The van der Waals surface area contributed by atoms with Crippen LogP contribution in [0, 0.1) is 11.8 Å². The largest absolute Gasteiger partial charge is 0.481 e. The topological polar surface area (TPSA) is 60.9 Å². The molecule has 1 heterocycles. The van der Waals surface area contributed by atoms with Crippen LogP contribution in [0.5, 0.6) is 0 Å². The van der Waals surface area contributed by atoms with Crippen molar-refractivity contribution in [3.8, 4) is 0 Å². The second-order valence-electron chi connectivity index (χ2n) is 6.29. The summed E-state index contributed by atoms with van der Waals surface area (Å²) in [5, 5.41) is 10.0. The van der Waals surface area contributed by atoms with E-state index in [2.05, 4.69) is 4.90 Å². The Hall–Kier alpha value is -2.01. The van der Waals surface area contributed by atoms with Crippen molar-refractivity contribution < 1.29 is 14.7 Å². The first-order chi connectivity index (χ1) is 11.6. The predicted molar refractivity (Wildman–Crippen MR) is 93.2 cm³/mol. The lowest BCUT2D eigenvalue weighted by Gasteiger charge is -2.38. The molecule has 0 aromatic heterocycles. The first-order valence-electron chi connectivity index (χ1n) is 8.23. The molecule has 6 heteroatoms. The maximum absolute atomic E-state index is 12.8. The Morgan fingerprint density at radius 3 is 2.33 bits per heavy atom. The highest BCUT2D eigenvalue weighted by atomic mass is 35.5. The van der Waals surface area contributed by atoms with E-state index in [9.17, 15) is 14.7 Å². The van der Waals surface area contributed by atoms with Crippen molar-refractivity contribution >= 4 is 29.2 Å². The fraction of sp³-hybridized carbons (Fsp3) is 0.444. The Morgan fingerprint density at radius 2 is 1.71 bits per heavy atom. The van der Waals surface area contributed by atoms with Crippen molar-refractivity contribution in [3.63, 3.8) is 0 Å². The van der Waals surface area contributed by atoms with Crippen LogP contribution in [0.4, 0.5) is 5.69 Å². The third-order valence-electron chi connectivity index (χ3n) is 4.83. The quantitative estimate of drug-likeness (QED) is 0.853. The number of amides is 1. The van der Waals surface area contributed by atoms with Crippen molar-refractivity contribution in [1.82, 2.24) is 4.90 Å². The van der Waals surface area contributed by atoms with E-state index in [0.717, 1.165) is 18.8 Å². The minimum Gasteiger partial charge on any atom is -0.481 e. The third-order valence-corrected chi connectivity index (χ3v) is 5.07. The monoisotopic (exact) mass is 348 g/mol. The lowest BCUT2D eigenvalue weighted by Crippen LogP contribution is -2.52. The number of hydrogen-bond acceptors (Lipinski definition) is 3. The minimum absolute atomic E-state index is 0.0301. The average molecular weight is 349 g/mol. The molecule has 1 aliphatic heterocycles. The zero-order valence-corrected chi connectivity index (χ0v) is 14.2. The third kappa shape index (κ3) is 3.56. The Morgan fingerprint density at radius 1 is 1.04 bits per heavy atom. The van der Waals surface area contributed by atoms with Gasteiger partial charge in [-0.15, -0.1) is 0 Å². The Bertz CT molecular complexity index is 653. The van der Waals surface area contributed by atoms with E-state index in [-0.39, 0.29) is 5.91 Å². The number of nitrogens with zero attached hydrogens (tertiary/aromatic N) is 2. The molecule has 24 heavy (non-hydrogen) atoms. The number of carboxylic acid groups (broad SMARTS) is 1. The first kappa shape index (κ1) is 16.8. The molecule has 0 spiro atoms. The van der Waals surface area contributed by atoms with E-state index >= 15 is 0 Å². The number of carboxylic acids is 1. The van der Waals surface area contributed by atoms with Crippen LogP contribution in [-0.4, -0.2) is 48.1 Å². The molecule has 1 aromatic rings. The number of hydrogen-bond donors (Lipinski definition) is 1. The van der Waals surface area contributed by atoms with Gasteiger partial charge in [0.1, 0.15) is 0 Å². The first-order valence-corrected chi connectivity index (χ1v) is 8.61. The number of benzene rings is 1. The van der Waals surface area contributed by atoms with Gasteiger partial charge in [0.25, 0.3) is 0 Å². The number of carbonyl (C=O) groups excluding carboxylic acids is 1. The molecule has 0 radical (unpaired) electrons. The maximum Gasteiger partial charge on any atom is 0.307 e. The summed E-state index contributed by atoms with van der Waals surface area (Å²) < 4.78 is 0. The molecule has 1 N–H and O–H groups in total. The van der Waals surface area contributed by atoms with Crippen molar-refractivity contribution in [2.45, 2.75) is 12.8 Å². The molecule has 1 aliphatic carbocycles. The second kappa shape index (κ2) is 7.26. The molecule has 1 fully saturated rings. The van der Waals surface area contributed by atoms with Crippen LogP contribution in [0.25, 0.3) is 0 Å². The summed E-state index contributed by atoms with van der Waals surface area (Å²) in [4.78, 5) is 28.2. The van der Waals surface area contributed by atoms with Crippen molar-refractivity contribution in [2.75, 3.05) is 31.1 Å². The molecule has 1 amide bonds. The SMILES string of the molecule is O=C(O)[C@@H]1CC=CC[C@H]1C(=O)N1CCN(c2cccc(Cl)c2)CC1. The van der Waals surface area contributed by atoms with Gasteiger partial charge in [0.2, 0.25) is 5.91 Å². The van der Waals surface area contributed by atoms with Crippen molar-refractivity contribution in [1.29, 1.82) is 0 Å². The van der Waals surface area contributed by atoms with Gasteiger partial charge in [-0.1, -0.05) is 29.8 Å². The molecule has 0 unspecified atom stereocenters. The molecule has 0 bridgehead atoms. The van der Waals surface area contributed by atoms with Gasteiger partial charge in [0.15, 0.2) is 0 Å². The van der Waals surface area contributed by atoms with E-state index in [4.69, 9.17) is 11.6 Å². The van der Waals surface area contributed by atoms with E-state index in [1.54, 1.807) is 4.90 Å². The smallest absolute Gasteiger partial charge is 0.307 e. The Balaban J connectivity index is 1.62. The van der Waals surface area contributed by atoms with Crippen LogP contribution in [0.15, 0.2) is 36.4 Å². The standard InChI is InChI=1S/C18H21ClN2O3/c19-13-4-3-5-14(12-13)20-8-10-21(11-9-20)17(22)15-6-1-2-7-16(15)18(23)24/h1-5,12,15-16H,6-11H2,(H,23,24)/t15-,16-/m1/s1. The van der Waals surface area contributed by atoms with E-state index in [1.165, 1.54) is 0 Å². The fourth-order valence-corrected chi connectivity index (χ4v) is 3.64. The molecule has 0 saturated carbocycles. The van der Waals surface area contributed by atoms with Gasteiger partial charge in [-0.05, 0) is 31.0 Å². The molecule has 2 atom stereocenters.